The number of hydrogen-bond acceptors (Lipinski definition) is 2. The van der Waals surface area contributed by atoms with Crippen LogP contribution in [0.15, 0.2) is 24.3 Å². The van der Waals surface area contributed by atoms with Crippen LogP contribution in [0.3, 0.4) is 0 Å². The summed E-state index contributed by atoms with van der Waals surface area (Å²) in [6.07, 6.45) is 10.5. The lowest BCUT2D eigenvalue weighted by Crippen LogP contribution is -2.15. The SMILES string of the molecule is CCCOc1ccc(C(N)CC2CCCCCC2)cc1. The third kappa shape index (κ3) is 4.82. The van der Waals surface area contributed by atoms with Crippen molar-refractivity contribution >= 4 is 0 Å². The molecular formula is C18H29NO. The van der Waals surface area contributed by atoms with Gasteiger partial charge in [0.05, 0.1) is 6.61 Å². The molecule has 1 unspecified atom stereocenters. The lowest BCUT2D eigenvalue weighted by Gasteiger charge is -2.20. The van der Waals surface area contributed by atoms with Gasteiger partial charge in [0.15, 0.2) is 0 Å². The van der Waals surface area contributed by atoms with E-state index in [1.807, 2.05) is 0 Å². The van der Waals surface area contributed by atoms with Crippen LogP contribution >= 0.6 is 0 Å². The Morgan fingerprint density at radius 3 is 2.35 bits per heavy atom. The fourth-order valence-electron chi connectivity index (χ4n) is 3.13. The molecule has 2 N–H and O–H groups in total. The number of ether oxygens (including phenoxy) is 1. The molecule has 2 heteroatoms. The minimum Gasteiger partial charge on any atom is -0.494 e. The topological polar surface area (TPSA) is 35.2 Å². The predicted octanol–water partition coefficient (Wildman–Crippen LogP) is 4.84. The monoisotopic (exact) mass is 275 g/mol. The normalized spacial score (nSPS) is 18.5. The highest BCUT2D eigenvalue weighted by Gasteiger charge is 2.16. The van der Waals surface area contributed by atoms with Gasteiger partial charge in [-0.3, -0.25) is 0 Å². The van der Waals surface area contributed by atoms with E-state index in [0.29, 0.717) is 0 Å². The van der Waals surface area contributed by atoms with Gasteiger partial charge in [-0.05, 0) is 36.5 Å². The van der Waals surface area contributed by atoms with Gasteiger partial charge in [-0.1, -0.05) is 57.6 Å². The quantitative estimate of drug-likeness (QED) is 0.754. The average Bonchev–Trinajstić information content (AvgIpc) is 2.74. The van der Waals surface area contributed by atoms with Crippen LogP contribution in [0.2, 0.25) is 0 Å². The molecule has 0 saturated heterocycles. The van der Waals surface area contributed by atoms with Crippen LogP contribution in [0.1, 0.15) is 69.9 Å². The molecule has 1 aliphatic carbocycles. The van der Waals surface area contributed by atoms with Gasteiger partial charge in [0.25, 0.3) is 0 Å². The zero-order chi connectivity index (χ0) is 14.2. The third-order valence-electron chi connectivity index (χ3n) is 4.34. The number of benzene rings is 1. The van der Waals surface area contributed by atoms with Gasteiger partial charge in [0.2, 0.25) is 0 Å². The van der Waals surface area contributed by atoms with Gasteiger partial charge in [-0.2, -0.15) is 0 Å². The molecule has 1 aliphatic rings. The fraction of sp³-hybridized carbons (Fsp3) is 0.667. The Labute approximate surface area is 123 Å². The summed E-state index contributed by atoms with van der Waals surface area (Å²) in [7, 11) is 0. The van der Waals surface area contributed by atoms with Gasteiger partial charge in [-0.25, -0.2) is 0 Å². The summed E-state index contributed by atoms with van der Waals surface area (Å²) in [5.74, 6) is 1.78. The van der Waals surface area contributed by atoms with E-state index in [4.69, 9.17) is 10.5 Å². The van der Waals surface area contributed by atoms with Crippen molar-refractivity contribution in [2.75, 3.05) is 6.61 Å². The highest BCUT2D eigenvalue weighted by Crippen LogP contribution is 2.30. The van der Waals surface area contributed by atoms with E-state index in [1.165, 1.54) is 44.1 Å². The van der Waals surface area contributed by atoms with Gasteiger partial charge in [0.1, 0.15) is 5.75 Å². The summed E-state index contributed by atoms with van der Waals surface area (Å²) in [5.41, 5.74) is 7.63. The van der Waals surface area contributed by atoms with Gasteiger partial charge >= 0.3 is 0 Å². The molecule has 2 rings (SSSR count). The molecule has 20 heavy (non-hydrogen) atoms. The summed E-state index contributed by atoms with van der Waals surface area (Å²) in [4.78, 5) is 0. The first-order valence-electron chi connectivity index (χ1n) is 8.28. The molecule has 112 valence electrons. The maximum Gasteiger partial charge on any atom is 0.119 e. The molecule has 1 atom stereocenters. The fourth-order valence-corrected chi connectivity index (χ4v) is 3.13. The van der Waals surface area contributed by atoms with E-state index in [9.17, 15) is 0 Å². The second kappa shape index (κ2) is 8.31. The molecule has 0 heterocycles. The van der Waals surface area contributed by atoms with Crippen LogP contribution in [0, 0.1) is 5.92 Å². The Morgan fingerprint density at radius 2 is 1.75 bits per heavy atom. The number of rotatable bonds is 6. The van der Waals surface area contributed by atoms with Crippen LogP contribution < -0.4 is 10.5 Å². The molecule has 0 aromatic heterocycles. The van der Waals surface area contributed by atoms with Crippen molar-refractivity contribution in [2.45, 2.75) is 64.3 Å². The molecule has 0 bridgehead atoms. The standard InChI is InChI=1S/C18H29NO/c1-2-13-20-17-11-9-16(10-12-17)18(19)14-15-7-5-3-4-6-8-15/h9-12,15,18H,2-8,13-14,19H2,1H3. The zero-order valence-corrected chi connectivity index (χ0v) is 12.8. The van der Waals surface area contributed by atoms with Crippen LogP contribution in [0.25, 0.3) is 0 Å². The van der Waals surface area contributed by atoms with Crippen molar-refractivity contribution in [2.24, 2.45) is 11.7 Å². The van der Waals surface area contributed by atoms with E-state index in [1.54, 1.807) is 0 Å². The second-order valence-corrected chi connectivity index (χ2v) is 6.12. The molecule has 0 spiro atoms. The summed E-state index contributed by atoms with van der Waals surface area (Å²) in [6.45, 7) is 2.91. The lowest BCUT2D eigenvalue weighted by atomic mass is 9.90. The Kier molecular flexibility index (Phi) is 6.38. The molecular weight excluding hydrogens is 246 g/mol. The summed E-state index contributed by atoms with van der Waals surface area (Å²) >= 11 is 0. The number of nitrogens with two attached hydrogens (primary N) is 1. The molecule has 0 amide bonds. The maximum absolute atomic E-state index is 6.39. The molecule has 1 fully saturated rings. The minimum atomic E-state index is 0.179. The van der Waals surface area contributed by atoms with Crippen molar-refractivity contribution in [3.05, 3.63) is 29.8 Å². The Bertz CT molecular complexity index is 366. The molecule has 2 nitrogen and oxygen atoms in total. The zero-order valence-electron chi connectivity index (χ0n) is 12.8. The van der Waals surface area contributed by atoms with E-state index in [2.05, 4.69) is 31.2 Å². The maximum atomic E-state index is 6.39. The smallest absolute Gasteiger partial charge is 0.119 e. The second-order valence-electron chi connectivity index (χ2n) is 6.12. The molecule has 1 saturated carbocycles. The van der Waals surface area contributed by atoms with Gasteiger partial charge in [0, 0.05) is 6.04 Å². The summed E-state index contributed by atoms with van der Waals surface area (Å²) in [6, 6.07) is 8.55. The van der Waals surface area contributed by atoms with E-state index in [0.717, 1.165) is 31.1 Å². The first kappa shape index (κ1) is 15.4. The Hall–Kier alpha value is -1.02. The Balaban J connectivity index is 1.86. The third-order valence-corrected chi connectivity index (χ3v) is 4.34. The van der Waals surface area contributed by atoms with E-state index >= 15 is 0 Å². The largest absolute Gasteiger partial charge is 0.494 e. The first-order valence-corrected chi connectivity index (χ1v) is 8.28. The predicted molar refractivity (Wildman–Crippen MR) is 85.0 cm³/mol. The molecule has 0 radical (unpaired) electrons. The molecule has 0 aliphatic heterocycles. The van der Waals surface area contributed by atoms with E-state index in [-0.39, 0.29) is 6.04 Å². The molecule has 1 aromatic rings. The van der Waals surface area contributed by atoms with Crippen LogP contribution in [-0.4, -0.2) is 6.61 Å². The van der Waals surface area contributed by atoms with Crippen molar-refractivity contribution in [1.82, 2.24) is 0 Å². The van der Waals surface area contributed by atoms with Crippen molar-refractivity contribution in [3.63, 3.8) is 0 Å². The van der Waals surface area contributed by atoms with Gasteiger partial charge in [-0.15, -0.1) is 0 Å². The molecule has 1 aromatic carbocycles. The summed E-state index contributed by atoms with van der Waals surface area (Å²) in [5, 5.41) is 0. The number of hydrogen-bond donors (Lipinski definition) is 1. The summed E-state index contributed by atoms with van der Waals surface area (Å²) < 4.78 is 5.62. The van der Waals surface area contributed by atoms with E-state index < -0.39 is 0 Å². The van der Waals surface area contributed by atoms with Crippen molar-refractivity contribution < 1.29 is 4.74 Å². The Morgan fingerprint density at radius 1 is 1.10 bits per heavy atom. The van der Waals surface area contributed by atoms with Crippen LogP contribution in [-0.2, 0) is 0 Å². The first-order chi connectivity index (χ1) is 9.79. The highest BCUT2D eigenvalue weighted by molar-refractivity contribution is 5.29. The average molecular weight is 275 g/mol. The highest BCUT2D eigenvalue weighted by atomic mass is 16.5. The van der Waals surface area contributed by atoms with Crippen molar-refractivity contribution in [3.8, 4) is 5.75 Å². The minimum absolute atomic E-state index is 0.179. The van der Waals surface area contributed by atoms with Crippen LogP contribution in [0.5, 0.6) is 5.75 Å². The van der Waals surface area contributed by atoms with Crippen molar-refractivity contribution in [1.29, 1.82) is 0 Å². The van der Waals surface area contributed by atoms with Gasteiger partial charge < -0.3 is 10.5 Å². The van der Waals surface area contributed by atoms with Crippen LogP contribution in [0.4, 0.5) is 0 Å². The lowest BCUT2D eigenvalue weighted by molar-refractivity contribution is 0.317.